The lowest BCUT2D eigenvalue weighted by atomic mass is 10.2. The summed E-state index contributed by atoms with van der Waals surface area (Å²) in [6, 6.07) is 5.63. The summed E-state index contributed by atoms with van der Waals surface area (Å²) >= 11 is 4.64. The zero-order chi connectivity index (χ0) is 21.6. The molecule has 4 heterocycles. The summed E-state index contributed by atoms with van der Waals surface area (Å²) in [4.78, 5) is 19.1. The zero-order valence-corrected chi connectivity index (χ0v) is 18.1. The molecule has 1 amide bonds. The molecule has 30 heavy (non-hydrogen) atoms. The van der Waals surface area contributed by atoms with Crippen LogP contribution in [0.5, 0.6) is 0 Å². The van der Waals surface area contributed by atoms with E-state index in [1.165, 1.54) is 22.3 Å². The summed E-state index contributed by atoms with van der Waals surface area (Å²) in [6.45, 7) is 0.198. The molecule has 0 saturated carbocycles. The molecule has 0 unspecified atom stereocenters. The van der Waals surface area contributed by atoms with Crippen molar-refractivity contribution in [1.29, 1.82) is 0 Å². The minimum absolute atomic E-state index is 0.0494. The van der Waals surface area contributed by atoms with Crippen molar-refractivity contribution >= 4 is 38.8 Å². The number of carbonyl (C=O) groups is 1. The number of carbonyl (C=O) groups excluding carboxylic acids is 1. The summed E-state index contributed by atoms with van der Waals surface area (Å²) in [5.74, 6) is -0.528. The molecule has 0 aliphatic heterocycles. The molecule has 0 aromatic carbocycles. The molecular weight excluding hydrogens is 485 g/mol. The molecule has 0 fully saturated rings. The molecule has 0 atom stereocenters. The summed E-state index contributed by atoms with van der Waals surface area (Å²) in [5.41, 5.74) is -0.254. The van der Waals surface area contributed by atoms with Crippen molar-refractivity contribution in [2.45, 2.75) is 12.7 Å². The number of thiophene rings is 1. The summed E-state index contributed by atoms with van der Waals surface area (Å²) in [5, 5.41) is 9.75. The lowest BCUT2D eigenvalue weighted by Gasteiger charge is -2.16. The van der Waals surface area contributed by atoms with Crippen molar-refractivity contribution in [3.05, 3.63) is 57.4 Å². The predicted octanol–water partition coefficient (Wildman–Crippen LogP) is 4.24. The Morgan fingerprint density at radius 3 is 2.70 bits per heavy atom. The Balaban J connectivity index is 1.74. The molecule has 0 spiro atoms. The van der Waals surface area contributed by atoms with Gasteiger partial charge in [0.1, 0.15) is 0 Å². The molecule has 0 radical (unpaired) electrons. The maximum Gasteiger partial charge on any atom is 0.433 e. The van der Waals surface area contributed by atoms with Gasteiger partial charge in [-0.1, -0.05) is 6.07 Å². The van der Waals surface area contributed by atoms with E-state index in [9.17, 15) is 18.0 Å². The van der Waals surface area contributed by atoms with Gasteiger partial charge in [0.05, 0.1) is 33.5 Å². The van der Waals surface area contributed by atoms with Crippen molar-refractivity contribution in [1.82, 2.24) is 29.3 Å². The van der Waals surface area contributed by atoms with Crippen molar-refractivity contribution in [2.24, 2.45) is 7.05 Å². The van der Waals surface area contributed by atoms with Crippen LogP contribution in [0.2, 0.25) is 0 Å². The van der Waals surface area contributed by atoms with Crippen molar-refractivity contribution in [2.75, 3.05) is 7.05 Å². The molecule has 0 aliphatic rings. The smallest absolute Gasteiger partial charge is 0.334 e. The van der Waals surface area contributed by atoms with Crippen LogP contribution in [-0.4, -0.2) is 42.2 Å². The fourth-order valence-electron chi connectivity index (χ4n) is 2.94. The van der Waals surface area contributed by atoms with Crippen LogP contribution < -0.4 is 0 Å². The second-order valence-electron chi connectivity index (χ2n) is 6.53. The summed E-state index contributed by atoms with van der Waals surface area (Å²) in [6.07, 6.45) is -3.06. The first-order valence-corrected chi connectivity index (χ1v) is 10.3. The van der Waals surface area contributed by atoms with Gasteiger partial charge in [-0.3, -0.25) is 9.48 Å². The van der Waals surface area contributed by atoms with Crippen LogP contribution in [0.1, 0.15) is 21.9 Å². The van der Waals surface area contributed by atoms with Gasteiger partial charge in [0.15, 0.2) is 17.0 Å². The highest BCUT2D eigenvalue weighted by atomic mass is 79.9. The average molecular weight is 499 g/mol. The summed E-state index contributed by atoms with van der Waals surface area (Å²) in [7, 11) is 3.27. The maximum atomic E-state index is 13.7. The van der Waals surface area contributed by atoms with Gasteiger partial charge in [0.2, 0.25) is 0 Å². The number of halogens is 4. The number of amides is 1. The maximum absolute atomic E-state index is 13.7. The molecule has 7 nitrogen and oxygen atoms in total. The third-order valence-electron chi connectivity index (χ3n) is 4.45. The lowest BCUT2D eigenvalue weighted by Crippen LogP contribution is -2.28. The van der Waals surface area contributed by atoms with Gasteiger partial charge in [-0.15, -0.1) is 11.3 Å². The van der Waals surface area contributed by atoms with Gasteiger partial charge in [0.25, 0.3) is 5.91 Å². The largest absolute Gasteiger partial charge is 0.433 e. The Kier molecular flexibility index (Phi) is 5.14. The Bertz CT molecular complexity index is 1210. The monoisotopic (exact) mass is 498 g/mol. The van der Waals surface area contributed by atoms with Gasteiger partial charge >= 0.3 is 6.18 Å². The Morgan fingerprint density at radius 2 is 2.10 bits per heavy atom. The first-order valence-electron chi connectivity index (χ1n) is 8.59. The summed E-state index contributed by atoms with van der Waals surface area (Å²) < 4.78 is 44.0. The lowest BCUT2D eigenvalue weighted by molar-refractivity contribution is -0.142. The van der Waals surface area contributed by atoms with E-state index in [2.05, 4.69) is 31.1 Å². The highest BCUT2D eigenvalue weighted by Crippen LogP contribution is 2.33. The molecule has 4 rings (SSSR count). The molecule has 0 N–H and O–H groups in total. The fourth-order valence-corrected chi connectivity index (χ4v) is 4.10. The third kappa shape index (κ3) is 3.72. The molecule has 0 bridgehead atoms. The number of alkyl halides is 3. The standard InChI is InChI=1S/C18H14BrF3N6OS/c1-26(9-13-10(19)8-23-27(13)2)17(29)12-7-16-24-11(14-4-3-5-30-14)6-15(18(20,21)22)28(16)25-12/h3-8H,9H2,1-2H3. The minimum atomic E-state index is -4.66. The van der Waals surface area contributed by atoms with E-state index in [0.717, 1.165) is 16.2 Å². The minimum Gasteiger partial charge on any atom is -0.334 e. The first-order chi connectivity index (χ1) is 14.1. The van der Waals surface area contributed by atoms with E-state index >= 15 is 0 Å². The number of fused-ring (bicyclic) bond motifs is 1. The van der Waals surface area contributed by atoms with Crippen LogP contribution in [0.3, 0.4) is 0 Å². The van der Waals surface area contributed by atoms with E-state index in [1.54, 1.807) is 42.5 Å². The van der Waals surface area contributed by atoms with E-state index in [0.29, 0.717) is 9.39 Å². The Morgan fingerprint density at radius 1 is 1.33 bits per heavy atom. The molecule has 156 valence electrons. The highest BCUT2D eigenvalue weighted by molar-refractivity contribution is 9.10. The van der Waals surface area contributed by atoms with Gasteiger partial charge < -0.3 is 4.90 Å². The third-order valence-corrected chi connectivity index (χ3v) is 6.01. The van der Waals surface area contributed by atoms with E-state index in [-0.39, 0.29) is 23.6 Å². The molecule has 0 saturated heterocycles. The van der Waals surface area contributed by atoms with Crippen LogP contribution in [0.25, 0.3) is 16.2 Å². The highest BCUT2D eigenvalue weighted by Gasteiger charge is 2.36. The van der Waals surface area contributed by atoms with Crippen molar-refractivity contribution < 1.29 is 18.0 Å². The normalized spacial score (nSPS) is 11.9. The molecule has 0 aliphatic carbocycles. The number of aryl methyl sites for hydroxylation is 1. The van der Waals surface area contributed by atoms with Crippen LogP contribution in [0.15, 0.2) is 40.3 Å². The SMILES string of the molecule is CN(Cc1c(Br)cnn1C)C(=O)c1cc2nc(-c3cccs3)cc(C(F)(F)F)n2n1. The van der Waals surface area contributed by atoms with Crippen LogP contribution in [0.4, 0.5) is 13.2 Å². The Labute approximate surface area is 180 Å². The number of nitrogens with zero attached hydrogens (tertiary/aromatic N) is 6. The molecule has 12 heteroatoms. The van der Waals surface area contributed by atoms with Gasteiger partial charge in [-0.2, -0.15) is 23.4 Å². The van der Waals surface area contributed by atoms with Crippen LogP contribution in [0, 0.1) is 0 Å². The number of rotatable bonds is 4. The molecule has 4 aromatic rings. The number of hydrogen-bond acceptors (Lipinski definition) is 5. The second kappa shape index (κ2) is 7.51. The number of aromatic nitrogens is 5. The van der Waals surface area contributed by atoms with Crippen molar-refractivity contribution in [3.63, 3.8) is 0 Å². The van der Waals surface area contributed by atoms with Gasteiger partial charge in [-0.05, 0) is 33.4 Å². The quantitative estimate of drug-likeness (QED) is 0.421. The van der Waals surface area contributed by atoms with Crippen molar-refractivity contribution in [3.8, 4) is 10.6 Å². The first kappa shape index (κ1) is 20.5. The second-order valence-corrected chi connectivity index (χ2v) is 8.33. The molecular formula is C18H14BrF3N6OS. The fraction of sp³-hybridized carbons (Fsp3) is 0.222. The molecule has 4 aromatic heterocycles. The van der Waals surface area contributed by atoms with E-state index < -0.39 is 17.8 Å². The predicted molar refractivity (Wildman–Crippen MR) is 108 cm³/mol. The number of hydrogen-bond donors (Lipinski definition) is 0. The Hall–Kier alpha value is -2.73. The van der Waals surface area contributed by atoms with E-state index in [1.807, 2.05) is 0 Å². The van der Waals surface area contributed by atoms with Crippen LogP contribution >= 0.6 is 27.3 Å². The van der Waals surface area contributed by atoms with E-state index in [4.69, 9.17) is 0 Å². The topological polar surface area (TPSA) is 68.3 Å². The average Bonchev–Trinajstić information content (AvgIpc) is 3.42. The zero-order valence-electron chi connectivity index (χ0n) is 15.7. The van der Waals surface area contributed by atoms with Gasteiger partial charge in [-0.25, -0.2) is 9.50 Å². The van der Waals surface area contributed by atoms with Crippen LogP contribution in [-0.2, 0) is 19.8 Å². The van der Waals surface area contributed by atoms with Gasteiger partial charge in [0, 0.05) is 20.2 Å².